The Morgan fingerprint density at radius 1 is 1.22 bits per heavy atom. The van der Waals surface area contributed by atoms with Crippen molar-refractivity contribution in [2.24, 2.45) is 5.73 Å². The Labute approximate surface area is 137 Å². The van der Waals surface area contributed by atoms with Crippen LogP contribution in [-0.4, -0.2) is 52.4 Å². The predicted octanol–water partition coefficient (Wildman–Crippen LogP) is 1.47. The summed E-state index contributed by atoms with van der Waals surface area (Å²) >= 11 is 0. The highest BCUT2D eigenvalue weighted by Gasteiger charge is 2.35. The molecule has 2 saturated heterocycles. The summed E-state index contributed by atoms with van der Waals surface area (Å²) in [5.74, 6) is 2.39. The number of nitrogens with two attached hydrogens (primary N) is 1. The maximum atomic E-state index is 11.6. The Bertz CT molecular complexity index is 561. The van der Waals surface area contributed by atoms with E-state index >= 15 is 0 Å². The number of likely N-dealkylation sites (tertiary alicyclic amines) is 2. The molecule has 1 amide bonds. The van der Waals surface area contributed by atoms with E-state index in [1.54, 1.807) is 0 Å². The molecule has 1 saturated carbocycles. The summed E-state index contributed by atoms with van der Waals surface area (Å²) < 4.78 is 5.86. The fourth-order valence-corrected chi connectivity index (χ4v) is 4.09. The van der Waals surface area contributed by atoms with Crippen LogP contribution in [0.2, 0.25) is 0 Å². The molecule has 1 unspecified atom stereocenters. The summed E-state index contributed by atoms with van der Waals surface area (Å²) in [7, 11) is 0. The van der Waals surface area contributed by atoms with Crippen LogP contribution in [0.5, 0.6) is 0 Å². The summed E-state index contributed by atoms with van der Waals surface area (Å²) in [6, 6.07) is 0.456. The standard InChI is InChI=1S/C17H26N4O2/c18-17(22)14-2-1-7-21(14)13-5-8-20(9-6-13)11-16-19-10-15(23-16)12-3-4-12/h10,12-14H,1-9,11H2,(H2,18,22). The molecule has 2 N–H and O–H groups in total. The molecule has 1 aliphatic carbocycles. The van der Waals surface area contributed by atoms with Gasteiger partial charge in [0.2, 0.25) is 11.8 Å². The quantitative estimate of drug-likeness (QED) is 0.889. The van der Waals surface area contributed by atoms with Crippen LogP contribution >= 0.6 is 0 Å². The number of hydrogen-bond donors (Lipinski definition) is 1. The van der Waals surface area contributed by atoms with Crippen LogP contribution in [0.25, 0.3) is 0 Å². The van der Waals surface area contributed by atoms with E-state index in [9.17, 15) is 4.79 Å². The number of hydrogen-bond acceptors (Lipinski definition) is 5. The van der Waals surface area contributed by atoms with Crippen LogP contribution in [-0.2, 0) is 11.3 Å². The topological polar surface area (TPSA) is 75.6 Å². The molecule has 0 bridgehead atoms. The van der Waals surface area contributed by atoms with E-state index in [0.29, 0.717) is 12.0 Å². The van der Waals surface area contributed by atoms with Gasteiger partial charge in [-0.25, -0.2) is 4.98 Å². The van der Waals surface area contributed by atoms with E-state index < -0.39 is 0 Å². The van der Waals surface area contributed by atoms with Crippen LogP contribution in [0.4, 0.5) is 0 Å². The fourth-order valence-electron chi connectivity index (χ4n) is 4.09. The van der Waals surface area contributed by atoms with Gasteiger partial charge in [0.1, 0.15) is 5.76 Å². The average molecular weight is 318 g/mol. The third-order valence-electron chi connectivity index (χ3n) is 5.56. The third-order valence-corrected chi connectivity index (χ3v) is 5.56. The minimum Gasteiger partial charge on any atom is -0.444 e. The molecule has 4 rings (SSSR count). The zero-order chi connectivity index (χ0) is 15.8. The Kier molecular flexibility index (Phi) is 4.11. The van der Waals surface area contributed by atoms with Crippen molar-refractivity contribution in [2.45, 2.75) is 63.1 Å². The van der Waals surface area contributed by atoms with E-state index in [4.69, 9.17) is 10.2 Å². The lowest BCUT2D eigenvalue weighted by Crippen LogP contribution is -2.50. The van der Waals surface area contributed by atoms with Crippen LogP contribution in [0.15, 0.2) is 10.6 Å². The summed E-state index contributed by atoms with van der Waals surface area (Å²) in [5.41, 5.74) is 5.54. The minimum absolute atomic E-state index is 0.0422. The van der Waals surface area contributed by atoms with Crippen LogP contribution < -0.4 is 5.73 Å². The molecule has 1 atom stereocenters. The molecule has 0 spiro atoms. The SMILES string of the molecule is NC(=O)C1CCCN1C1CCN(Cc2ncc(C3CC3)o2)CC1. The van der Waals surface area contributed by atoms with Crippen molar-refractivity contribution in [3.63, 3.8) is 0 Å². The average Bonchev–Trinajstić information content (AvgIpc) is 3.10. The number of oxazole rings is 1. The second-order valence-electron chi connectivity index (χ2n) is 7.24. The maximum Gasteiger partial charge on any atom is 0.234 e. The summed E-state index contributed by atoms with van der Waals surface area (Å²) in [6.45, 7) is 3.89. The maximum absolute atomic E-state index is 11.6. The molecule has 3 aliphatic rings. The molecule has 2 aliphatic heterocycles. The lowest BCUT2D eigenvalue weighted by Gasteiger charge is -2.38. The van der Waals surface area contributed by atoms with Crippen molar-refractivity contribution in [1.82, 2.24) is 14.8 Å². The molecular weight excluding hydrogens is 292 g/mol. The van der Waals surface area contributed by atoms with Gasteiger partial charge < -0.3 is 10.2 Å². The number of amides is 1. The van der Waals surface area contributed by atoms with Crippen molar-refractivity contribution in [1.29, 1.82) is 0 Å². The normalized spacial score (nSPS) is 27.6. The van der Waals surface area contributed by atoms with E-state index in [1.165, 1.54) is 12.8 Å². The van der Waals surface area contributed by atoms with Gasteiger partial charge in [0.25, 0.3) is 0 Å². The molecule has 6 nitrogen and oxygen atoms in total. The first-order valence-electron chi connectivity index (χ1n) is 8.92. The molecule has 23 heavy (non-hydrogen) atoms. The second-order valence-corrected chi connectivity index (χ2v) is 7.24. The lowest BCUT2D eigenvalue weighted by molar-refractivity contribution is -0.123. The van der Waals surface area contributed by atoms with Crippen molar-refractivity contribution in [3.8, 4) is 0 Å². The van der Waals surface area contributed by atoms with Gasteiger partial charge >= 0.3 is 0 Å². The highest BCUT2D eigenvalue weighted by Crippen LogP contribution is 2.40. The Morgan fingerprint density at radius 3 is 2.70 bits per heavy atom. The first kappa shape index (κ1) is 15.1. The van der Waals surface area contributed by atoms with Gasteiger partial charge in [0, 0.05) is 25.0 Å². The summed E-state index contributed by atoms with van der Waals surface area (Å²) in [5, 5.41) is 0. The highest BCUT2D eigenvalue weighted by atomic mass is 16.4. The lowest BCUT2D eigenvalue weighted by atomic mass is 10.0. The number of nitrogens with zero attached hydrogens (tertiary/aromatic N) is 3. The van der Waals surface area contributed by atoms with E-state index in [0.717, 1.165) is 63.5 Å². The van der Waals surface area contributed by atoms with E-state index in [1.807, 2.05) is 6.20 Å². The molecule has 1 aromatic rings. The molecule has 3 fully saturated rings. The van der Waals surface area contributed by atoms with E-state index in [-0.39, 0.29) is 11.9 Å². The smallest absolute Gasteiger partial charge is 0.234 e. The molecule has 1 aromatic heterocycles. The molecule has 3 heterocycles. The monoisotopic (exact) mass is 318 g/mol. The van der Waals surface area contributed by atoms with Gasteiger partial charge in [-0.2, -0.15) is 0 Å². The fraction of sp³-hybridized carbons (Fsp3) is 0.765. The van der Waals surface area contributed by atoms with Crippen LogP contribution in [0.3, 0.4) is 0 Å². The van der Waals surface area contributed by atoms with Gasteiger partial charge in [0.15, 0.2) is 0 Å². The number of piperidine rings is 1. The van der Waals surface area contributed by atoms with Crippen molar-refractivity contribution >= 4 is 5.91 Å². The highest BCUT2D eigenvalue weighted by molar-refractivity contribution is 5.80. The first-order chi connectivity index (χ1) is 11.2. The summed E-state index contributed by atoms with van der Waals surface area (Å²) in [4.78, 5) is 20.7. The van der Waals surface area contributed by atoms with E-state index in [2.05, 4.69) is 14.8 Å². The largest absolute Gasteiger partial charge is 0.444 e. The molecule has 0 radical (unpaired) electrons. The number of carbonyl (C=O) groups is 1. The number of aromatic nitrogens is 1. The van der Waals surface area contributed by atoms with Crippen molar-refractivity contribution in [2.75, 3.05) is 19.6 Å². The zero-order valence-corrected chi connectivity index (χ0v) is 13.6. The number of primary amides is 1. The molecule has 0 aromatic carbocycles. The van der Waals surface area contributed by atoms with Gasteiger partial charge in [-0.05, 0) is 45.1 Å². The van der Waals surface area contributed by atoms with Crippen LogP contribution in [0, 0.1) is 0 Å². The minimum atomic E-state index is -0.155. The Morgan fingerprint density at radius 2 is 2.00 bits per heavy atom. The van der Waals surface area contributed by atoms with Crippen molar-refractivity contribution in [3.05, 3.63) is 17.8 Å². The molecule has 6 heteroatoms. The number of rotatable bonds is 5. The van der Waals surface area contributed by atoms with Gasteiger partial charge in [-0.15, -0.1) is 0 Å². The van der Waals surface area contributed by atoms with Crippen LogP contribution in [0.1, 0.15) is 56.1 Å². The Hall–Kier alpha value is -1.40. The first-order valence-corrected chi connectivity index (χ1v) is 8.92. The molecular formula is C17H26N4O2. The van der Waals surface area contributed by atoms with Gasteiger partial charge in [-0.1, -0.05) is 0 Å². The van der Waals surface area contributed by atoms with Gasteiger partial charge in [0.05, 0.1) is 18.8 Å². The predicted molar refractivity (Wildman–Crippen MR) is 85.7 cm³/mol. The molecule has 126 valence electrons. The third kappa shape index (κ3) is 3.28. The number of carbonyl (C=O) groups excluding carboxylic acids is 1. The van der Waals surface area contributed by atoms with Crippen molar-refractivity contribution < 1.29 is 9.21 Å². The zero-order valence-electron chi connectivity index (χ0n) is 13.6. The van der Waals surface area contributed by atoms with Gasteiger partial charge in [-0.3, -0.25) is 14.6 Å². The second kappa shape index (κ2) is 6.24. The summed E-state index contributed by atoms with van der Waals surface area (Å²) in [6.07, 6.45) is 8.61. The Balaban J connectivity index is 1.29.